The summed E-state index contributed by atoms with van der Waals surface area (Å²) in [6, 6.07) is 0. The van der Waals surface area contributed by atoms with Crippen LogP contribution in [0.15, 0.2) is 23.8 Å². The van der Waals surface area contributed by atoms with Gasteiger partial charge in [0.2, 0.25) is 0 Å². The van der Waals surface area contributed by atoms with Gasteiger partial charge in [0.05, 0.1) is 0 Å². The molecule has 0 heteroatoms. The zero-order valence-electron chi connectivity index (χ0n) is 10.5. The van der Waals surface area contributed by atoms with Crippen LogP contribution in [0.1, 0.15) is 65.2 Å². The van der Waals surface area contributed by atoms with Gasteiger partial charge in [-0.25, -0.2) is 0 Å². The highest BCUT2D eigenvalue weighted by Gasteiger charge is 2.19. The molecule has 0 heterocycles. The largest absolute Gasteiger partial charge is 0.0877 e. The lowest BCUT2D eigenvalue weighted by Gasteiger charge is -2.01. The van der Waals surface area contributed by atoms with Crippen molar-refractivity contribution in [1.82, 2.24) is 0 Å². The molecule has 86 valence electrons. The van der Waals surface area contributed by atoms with Gasteiger partial charge in [0.25, 0.3) is 0 Å². The molecule has 1 rings (SSSR count). The summed E-state index contributed by atoms with van der Waals surface area (Å²) in [6.45, 7) is 4.31. The third-order valence-corrected chi connectivity index (χ3v) is 3.20. The fourth-order valence-corrected chi connectivity index (χ4v) is 1.94. The second-order valence-corrected chi connectivity index (χ2v) is 4.94. The highest BCUT2D eigenvalue weighted by molar-refractivity contribution is 5.09. The molecule has 1 saturated carbocycles. The summed E-state index contributed by atoms with van der Waals surface area (Å²) in [7, 11) is 0. The molecule has 0 saturated heterocycles. The molecular formula is C15H26. The van der Waals surface area contributed by atoms with Gasteiger partial charge < -0.3 is 0 Å². The van der Waals surface area contributed by atoms with Crippen LogP contribution in [0.2, 0.25) is 0 Å². The molecule has 0 amide bonds. The van der Waals surface area contributed by atoms with E-state index in [2.05, 4.69) is 32.1 Å². The Morgan fingerprint density at radius 2 is 1.87 bits per heavy atom. The van der Waals surface area contributed by atoms with Gasteiger partial charge in [-0.2, -0.15) is 0 Å². The van der Waals surface area contributed by atoms with E-state index < -0.39 is 0 Å². The van der Waals surface area contributed by atoms with Gasteiger partial charge in [-0.3, -0.25) is 0 Å². The van der Waals surface area contributed by atoms with E-state index in [1.54, 1.807) is 0 Å². The van der Waals surface area contributed by atoms with Crippen molar-refractivity contribution in [3.05, 3.63) is 23.8 Å². The van der Waals surface area contributed by atoms with E-state index in [4.69, 9.17) is 0 Å². The van der Waals surface area contributed by atoms with Gasteiger partial charge in [-0.15, -0.1) is 0 Å². The Morgan fingerprint density at radius 3 is 2.53 bits per heavy atom. The number of allylic oxidation sites excluding steroid dienone is 4. The zero-order valence-corrected chi connectivity index (χ0v) is 10.5. The normalized spacial score (nSPS) is 17.6. The van der Waals surface area contributed by atoms with Crippen molar-refractivity contribution in [2.45, 2.75) is 65.2 Å². The minimum atomic E-state index is 1.13. The predicted octanol–water partition coefficient (Wildman–Crippen LogP) is 5.26. The number of hydrogen-bond acceptors (Lipinski definition) is 0. The minimum Gasteiger partial charge on any atom is -0.0877 e. The van der Waals surface area contributed by atoms with Gasteiger partial charge in [-0.05, 0) is 32.6 Å². The van der Waals surface area contributed by atoms with Crippen LogP contribution in [0.3, 0.4) is 0 Å². The molecule has 0 atom stereocenters. The average Bonchev–Trinajstić information content (AvgIpc) is 3.04. The van der Waals surface area contributed by atoms with Crippen molar-refractivity contribution >= 4 is 0 Å². The third-order valence-electron chi connectivity index (χ3n) is 3.20. The third kappa shape index (κ3) is 7.41. The zero-order chi connectivity index (χ0) is 10.9. The van der Waals surface area contributed by atoms with Gasteiger partial charge >= 0.3 is 0 Å². The molecule has 1 aliphatic rings. The van der Waals surface area contributed by atoms with Crippen LogP contribution < -0.4 is 0 Å². The van der Waals surface area contributed by atoms with Crippen molar-refractivity contribution in [2.75, 3.05) is 0 Å². The molecule has 0 aliphatic heterocycles. The Hall–Kier alpha value is -0.520. The average molecular weight is 206 g/mol. The summed E-state index contributed by atoms with van der Waals surface area (Å²) in [5.41, 5.74) is 1.52. The summed E-state index contributed by atoms with van der Waals surface area (Å²) in [5.74, 6) is 1.13. The molecule has 0 aromatic heterocycles. The number of hydrogen-bond donors (Lipinski definition) is 0. The summed E-state index contributed by atoms with van der Waals surface area (Å²) in [6.07, 6.45) is 18.0. The highest BCUT2D eigenvalue weighted by Crippen LogP contribution is 2.34. The minimum absolute atomic E-state index is 1.13. The topological polar surface area (TPSA) is 0 Å². The number of rotatable bonds is 8. The Kier molecular flexibility index (Phi) is 6.47. The van der Waals surface area contributed by atoms with E-state index in [0.717, 1.165) is 5.92 Å². The van der Waals surface area contributed by atoms with Crippen molar-refractivity contribution in [2.24, 2.45) is 5.92 Å². The Labute approximate surface area is 95.5 Å². The summed E-state index contributed by atoms with van der Waals surface area (Å²) < 4.78 is 0. The predicted molar refractivity (Wildman–Crippen MR) is 69.0 cm³/mol. The Morgan fingerprint density at radius 1 is 1.13 bits per heavy atom. The van der Waals surface area contributed by atoms with Gasteiger partial charge in [0.1, 0.15) is 0 Å². The van der Waals surface area contributed by atoms with E-state index >= 15 is 0 Å². The lowest BCUT2D eigenvalue weighted by Crippen LogP contribution is -1.82. The quantitative estimate of drug-likeness (QED) is 0.375. The second-order valence-electron chi connectivity index (χ2n) is 4.94. The van der Waals surface area contributed by atoms with Crippen LogP contribution in [-0.2, 0) is 0 Å². The molecule has 0 bridgehead atoms. The maximum atomic E-state index is 2.24. The van der Waals surface area contributed by atoms with Crippen molar-refractivity contribution in [3.63, 3.8) is 0 Å². The first-order valence-electron chi connectivity index (χ1n) is 6.61. The molecule has 0 spiro atoms. The van der Waals surface area contributed by atoms with Gasteiger partial charge in [-0.1, -0.05) is 62.3 Å². The molecule has 1 aliphatic carbocycles. The highest BCUT2D eigenvalue weighted by atomic mass is 14.3. The smallest absolute Gasteiger partial charge is 0.0320 e. The first kappa shape index (κ1) is 12.5. The lowest BCUT2D eigenvalue weighted by molar-refractivity contribution is 0.584. The number of unbranched alkanes of at least 4 members (excludes halogenated alkanes) is 3. The molecule has 0 unspecified atom stereocenters. The van der Waals surface area contributed by atoms with Crippen LogP contribution in [-0.4, -0.2) is 0 Å². The second kappa shape index (κ2) is 7.73. The van der Waals surface area contributed by atoms with E-state index in [1.807, 2.05) is 0 Å². The standard InChI is InChI=1S/C15H26/c1-3-4-9-14(2)10-7-5-6-8-11-15-12-13-15/h3-4,9,15H,5-8,10-13H2,1-2H3. The molecule has 0 radical (unpaired) electrons. The van der Waals surface area contributed by atoms with Crippen LogP contribution in [0.4, 0.5) is 0 Å². The van der Waals surface area contributed by atoms with Crippen molar-refractivity contribution < 1.29 is 0 Å². The maximum absolute atomic E-state index is 2.24. The summed E-state index contributed by atoms with van der Waals surface area (Å²) in [4.78, 5) is 0. The van der Waals surface area contributed by atoms with Crippen LogP contribution in [0.25, 0.3) is 0 Å². The van der Waals surface area contributed by atoms with Crippen LogP contribution >= 0.6 is 0 Å². The molecular weight excluding hydrogens is 180 g/mol. The first-order chi connectivity index (χ1) is 7.33. The molecule has 0 aromatic rings. The molecule has 0 aromatic carbocycles. The van der Waals surface area contributed by atoms with Crippen molar-refractivity contribution in [1.29, 1.82) is 0 Å². The molecule has 0 nitrogen and oxygen atoms in total. The first-order valence-corrected chi connectivity index (χ1v) is 6.61. The van der Waals surface area contributed by atoms with Crippen molar-refractivity contribution in [3.8, 4) is 0 Å². The fraction of sp³-hybridized carbons (Fsp3) is 0.733. The fourth-order valence-electron chi connectivity index (χ4n) is 1.94. The van der Waals surface area contributed by atoms with E-state index in [1.165, 1.54) is 56.9 Å². The van der Waals surface area contributed by atoms with Crippen LogP contribution in [0.5, 0.6) is 0 Å². The molecule has 1 fully saturated rings. The van der Waals surface area contributed by atoms with E-state index in [0.29, 0.717) is 0 Å². The van der Waals surface area contributed by atoms with Crippen LogP contribution in [0, 0.1) is 5.92 Å². The summed E-state index contributed by atoms with van der Waals surface area (Å²) >= 11 is 0. The van der Waals surface area contributed by atoms with E-state index in [-0.39, 0.29) is 0 Å². The van der Waals surface area contributed by atoms with Gasteiger partial charge in [0, 0.05) is 0 Å². The Balaban J connectivity index is 1.86. The monoisotopic (exact) mass is 206 g/mol. The SMILES string of the molecule is CC=CC=C(C)CCCCCCC1CC1. The van der Waals surface area contributed by atoms with Gasteiger partial charge in [0.15, 0.2) is 0 Å². The molecule has 15 heavy (non-hydrogen) atoms. The molecule has 0 N–H and O–H groups in total. The summed E-state index contributed by atoms with van der Waals surface area (Å²) in [5, 5.41) is 0. The lowest BCUT2D eigenvalue weighted by atomic mass is 10.1. The Bertz CT molecular complexity index is 206. The maximum Gasteiger partial charge on any atom is -0.0320 e. The van der Waals surface area contributed by atoms with E-state index in [9.17, 15) is 0 Å².